The van der Waals surface area contributed by atoms with Gasteiger partial charge in [-0.25, -0.2) is 0 Å². The lowest BCUT2D eigenvalue weighted by Crippen LogP contribution is -1.91. The molecule has 82 valence electrons. The van der Waals surface area contributed by atoms with Gasteiger partial charge in [0.05, 0.1) is 9.40 Å². The van der Waals surface area contributed by atoms with E-state index in [-0.39, 0.29) is 10.6 Å². The summed E-state index contributed by atoms with van der Waals surface area (Å²) >= 11 is 4.96. The van der Waals surface area contributed by atoms with E-state index in [0.717, 1.165) is 23.5 Å². The third kappa shape index (κ3) is 3.83. The van der Waals surface area contributed by atoms with Crippen molar-refractivity contribution in [2.24, 2.45) is 0 Å². The maximum atomic E-state index is 10.7. The van der Waals surface area contributed by atoms with E-state index >= 15 is 0 Å². The number of nitro groups is 1. The SMILES string of the molecule is CCCSCc1ccc(Br)c([N+](=O)[O-])c1. The number of halogens is 1. The molecule has 0 heterocycles. The molecule has 0 aromatic heterocycles. The maximum absolute atomic E-state index is 10.7. The van der Waals surface area contributed by atoms with Crippen molar-refractivity contribution in [3.05, 3.63) is 38.3 Å². The summed E-state index contributed by atoms with van der Waals surface area (Å²) in [5.41, 5.74) is 1.15. The van der Waals surface area contributed by atoms with Crippen molar-refractivity contribution in [1.29, 1.82) is 0 Å². The fourth-order valence-electron chi connectivity index (χ4n) is 1.12. The van der Waals surface area contributed by atoms with Crippen molar-refractivity contribution in [3.8, 4) is 0 Å². The van der Waals surface area contributed by atoms with Gasteiger partial charge in [-0.3, -0.25) is 10.1 Å². The molecule has 0 amide bonds. The quantitative estimate of drug-likeness (QED) is 0.467. The molecule has 1 aromatic carbocycles. The molecular formula is C10H12BrNO2S. The van der Waals surface area contributed by atoms with Crippen molar-refractivity contribution < 1.29 is 4.92 Å². The van der Waals surface area contributed by atoms with Gasteiger partial charge in [-0.05, 0) is 39.7 Å². The summed E-state index contributed by atoms with van der Waals surface area (Å²) in [7, 11) is 0. The van der Waals surface area contributed by atoms with Crippen LogP contribution in [0.15, 0.2) is 22.7 Å². The van der Waals surface area contributed by atoms with Crippen LogP contribution in [0.2, 0.25) is 0 Å². The van der Waals surface area contributed by atoms with Crippen LogP contribution < -0.4 is 0 Å². The van der Waals surface area contributed by atoms with Crippen LogP contribution in [0.1, 0.15) is 18.9 Å². The zero-order valence-electron chi connectivity index (χ0n) is 8.40. The monoisotopic (exact) mass is 289 g/mol. The normalized spacial score (nSPS) is 10.3. The topological polar surface area (TPSA) is 43.1 Å². The summed E-state index contributed by atoms with van der Waals surface area (Å²) in [5.74, 6) is 1.92. The summed E-state index contributed by atoms with van der Waals surface area (Å²) in [6.45, 7) is 2.12. The molecule has 0 aliphatic carbocycles. The molecule has 1 rings (SSSR count). The van der Waals surface area contributed by atoms with Crippen LogP contribution in [-0.4, -0.2) is 10.7 Å². The van der Waals surface area contributed by atoms with Gasteiger partial charge in [0.15, 0.2) is 0 Å². The zero-order chi connectivity index (χ0) is 11.3. The van der Waals surface area contributed by atoms with Gasteiger partial charge < -0.3 is 0 Å². The molecule has 0 spiro atoms. The lowest BCUT2D eigenvalue weighted by Gasteiger charge is -2.01. The van der Waals surface area contributed by atoms with E-state index in [4.69, 9.17) is 0 Å². The fourth-order valence-corrected chi connectivity index (χ4v) is 2.36. The Labute approximate surface area is 102 Å². The van der Waals surface area contributed by atoms with Gasteiger partial charge in [-0.15, -0.1) is 0 Å². The Hall–Kier alpha value is -0.550. The van der Waals surface area contributed by atoms with Crippen LogP contribution in [0.25, 0.3) is 0 Å². The molecule has 15 heavy (non-hydrogen) atoms. The van der Waals surface area contributed by atoms with E-state index in [1.165, 1.54) is 0 Å². The molecule has 0 unspecified atom stereocenters. The highest BCUT2D eigenvalue weighted by molar-refractivity contribution is 9.10. The average molecular weight is 290 g/mol. The number of benzene rings is 1. The highest BCUT2D eigenvalue weighted by Gasteiger charge is 2.11. The number of thioether (sulfide) groups is 1. The highest BCUT2D eigenvalue weighted by Crippen LogP contribution is 2.27. The summed E-state index contributed by atoms with van der Waals surface area (Å²) < 4.78 is 0.539. The minimum absolute atomic E-state index is 0.143. The van der Waals surface area contributed by atoms with E-state index < -0.39 is 0 Å². The van der Waals surface area contributed by atoms with Crippen LogP contribution in [-0.2, 0) is 5.75 Å². The number of hydrogen-bond acceptors (Lipinski definition) is 3. The molecular weight excluding hydrogens is 278 g/mol. The molecule has 3 nitrogen and oxygen atoms in total. The lowest BCUT2D eigenvalue weighted by atomic mass is 10.2. The Kier molecular flexibility index (Phi) is 5.11. The highest BCUT2D eigenvalue weighted by atomic mass is 79.9. The van der Waals surface area contributed by atoms with Gasteiger partial charge in [-0.1, -0.05) is 13.0 Å². The third-order valence-electron chi connectivity index (χ3n) is 1.82. The first kappa shape index (κ1) is 12.5. The lowest BCUT2D eigenvalue weighted by molar-refractivity contribution is -0.385. The minimum atomic E-state index is -0.363. The second-order valence-corrected chi connectivity index (χ2v) is 5.05. The van der Waals surface area contributed by atoms with Crippen LogP contribution in [0, 0.1) is 10.1 Å². The van der Waals surface area contributed by atoms with E-state index in [9.17, 15) is 10.1 Å². The fraction of sp³-hybridized carbons (Fsp3) is 0.400. The first-order valence-electron chi connectivity index (χ1n) is 4.65. The van der Waals surface area contributed by atoms with Crippen molar-refractivity contribution in [3.63, 3.8) is 0 Å². The van der Waals surface area contributed by atoms with Gasteiger partial charge in [-0.2, -0.15) is 11.8 Å². The number of nitro benzene ring substituents is 1. The Balaban J connectivity index is 2.74. The molecule has 1 aromatic rings. The van der Waals surface area contributed by atoms with Gasteiger partial charge in [0.1, 0.15) is 0 Å². The summed E-state index contributed by atoms with van der Waals surface area (Å²) in [6, 6.07) is 5.28. The van der Waals surface area contributed by atoms with Crippen molar-refractivity contribution in [2.75, 3.05) is 5.75 Å². The van der Waals surface area contributed by atoms with Gasteiger partial charge in [0.25, 0.3) is 5.69 Å². The largest absolute Gasteiger partial charge is 0.283 e. The predicted molar refractivity (Wildman–Crippen MR) is 67.2 cm³/mol. The molecule has 0 bridgehead atoms. The second kappa shape index (κ2) is 6.12. The van der Waals surface area contributed by atoms with Crippen molar-refractivity contribution in [1.82, 2.24) is 0 Å². The first-order chi connectivity index (χ1) is 7.15. The summed E-state index contributed by atoms with van der Waals surface area (Å²) in [4.78, 5) is 10.3. The van der Waals surface area contributed by atoms with Crippen LogP contribution >= 0.6 is 27.7 Å². The average Bonchev–Trinajstić information content (AvgIpc) is 2.20. The Bertz CT molecular complexity index is 357. The predicted octanol–water partition coefficient (Wildman–Crippen LogP) is 4.00. The number of rotatable bonds is 5. The number of hydrogen-bond donors (Lipinski definition) is 0. The summed E-state index contributed by atoms with van der Waals surface area (Å²) in [5, 5.41) is 10.7. The smallest absolute Gasteiger partial charge is 0.258 e. The van der Waals surface area contributed by atoms with Crippen molar-refractivity contribution in [2.45, 2.75) is 19.1 Å². The molecule has 0 saturated carbocycles. The van der Waals surface area contributed by atoms with E-state index in [2.05, 4.69) is 22.9 Å². The van der Waals surface area contributed by atoms with Crippen molar-refractivity contribution >= 4 is 33.4 Å². The van der Waals surface area contributed by atoms with E-state index in [1.807, 2.05) is 6.07 Å². The second-order valence-electron chi connectivity index (χ2n) is 3.10. The number of nitrogens with zero attached hydrogens (tertiary/aromatic N) is 1. The molecule has 0 saturated heterocycles. The van der Waals surface area contributed by atoms with Gasteiger partial charge in [0.2, 0.25) is 0 Å². The van der Waals surface area contributed by atoms with Gasteiger partial charge >= 0.3 is 0 Å². The van der Waals surface area contributed by atoms with Crippen LogP contribution in [0.5, 0.6) is 0 Å². The standard InChI is InChI=1S/C10H12BrNO2S/c1-2-5-15-7-8-3-4-9(11)10(6-8)12(13)14/h3-4,6H,2,5,7H2,1H3. The Morgan fingerprint density at radius 3 is 2.87 bits per heavy atom. The molecule has 0 aliphatic rings. The Morgan fingerprint density at radius 1 is 1.53 bits per heavy atom. The Morgan fingerprint density at radius 2 is 2.27 bits per heavy atom. The molecule has 0 atom stereocenters. The molecule has 5 heteroatoms. The van der Waals surface area contributed by atoms with E-state index in [1.54, 1.807) is 23.9 Å². The molecule has 0 radical (unpaired) electrons. The van der Waals surface area contributed by atoms with Gasteiger partial charge in [0, 0.05) is 11.8 Å². The minimum Gasteiger partial charge on any atom is -0.258 e. The van der Waals surface area contributed by atoms with Crippen LogP contribution in [0.3, 0.4) is 0 Å². The first-order valence-corrected chi connectivity index (χ1v) is 6.60. The third-order valence-corrected chi connectivity index (χ3v) is 3.73. The maximum Gasteiger partial charge on any atom is 0.283 e. The zero-order valence-corrected chi connectivity index (χ0v) is 10.8. The molecule has 0 fully saturated rings. The van der Waals surface area contributed by atoms with Crippen LogP contribution in [0.4, 0.5) is 5.69 Å². The summed E-state index contributed by atoms with van der Waals surface area (Å²) in [6.07, 6.45) is 1.13. The molecule has 0 N–H and O–H groups in total. The molecule has 0 aliphatic heterocycles. The van der Waals surface area contributed by atoms with E-state index in [0.29, 0.717) is 4.47 Å².